The van der Waals surface area contributed by atoms with Gasteiger partial charge in [0.1, 0.15) is 0 Å². The largest absolute Gasteiger partial charge is 0.331 e. The van der Waals surface area contributed by atoms with E-state index >= 15 is 0 Å². The Labute approximate surface area is 182 Å². The van der Waals surface area contributed by atoms with E-state index in [2.05, 4.69) is 15.1 Å². The number of nitrogens with one attached hydrogen (secondary N) is 2. The second-order valence-electron chi connectivity index (χ2n) is 8.91. The quantitative estimate of drug-likeness (QED) is 0.730. The number of fused-ring (bicyclic) bond motifs is 1. The molecule has 9 nitrogen and oxygen atoms in total. The van der Waals surface area contributed by atoms with Crippen LogP contribution in [0, 0.1) is 5.41 Å². The molecule has 0 spiro atoms. The van der Waals surface area contributed by atoms with E-state index in [1.807, 2.05) is 33.8 Å². The number of amides is 2. The smallest absolute Gasteiger partial charge is 0.256 e. The van der Waals surface area contributed by atoms with Crippen LogP contribution in [0.4, 0.5) is 5.82 Å². The molecule has 1 unspecified atom stereocenters. The van der Waals surface area contributed by atoms with Crippen LogP contribution in [-0.4, -0.2) is 48.0 Å². The fraction of sp³-hybridized carbons (Fsp3) is 0.476. The number of hydrogen-bond donors (Lipinski definition) is 2. The highest BCUT2D eigenvalue weighted by molar-refractivity contribution is 7.89. The number of rotatable bonds is 5. The average Bonchev–Trinajstić information content (AvgIpc) is 3.18. The van der Waals surface area contributed by atoms with Crippen LogP contribution in [0.1, 0.15) is 50.5 Å². The number of aryl methyl sites for hydroxylation is 1. The molecular weight excluding hydrogens is 418 g/mol. The molecule has 31 heavy (non-hydrogen) atoms. The van der Waals surface area contributed by atoms with Crippen molar-refractivity contribution < 1.29 is 18.0 Å². The van der Waals surface area contributed by atoms with Gasteiger partial charge in [0.25, 0.3) is 5.91 Å². The molecule has 10 heteroatoms. The van der Waals surface area contributed by atoms with Crippen LogP contribution in [0.15, 0.2) is 23.1 Å². The van der Waals surface area contributed by atoms with Crippen LogP contribution < -0.4 is 10.0 Å². The first-order chi connectivity index (χ1) is 14.3. The van der Waals surface area contributed by atoms with Crippen molar-refractivity contribution in [1.82, 2.24) is 19.4 Å². The third kappa shape index (κ3) is 4.22. The molecule has 0 saturated heterocycles. The molecule has 2 amide bonds. The summed E-state index contributed by atoms with van der Waals surface area (Å²) in [5.74, 6) is -0.182. The molecule has 2 heterocycles. The first kappa shape index (κ1) is 23.0. The minimum Gasteiger partial charge on any atom is -0.331 e. The first-order valence-electron chi connectivity index (χ1n) is 9.99. The Morgan fingerprint density at radius 3 is 2.42 bits per heavy atom. The monoisotopic (exact) mass is 447 g/mol. The fourth-order valence-corrected chi connectivity index (χ4v) is 4.66. The first-order valence-corrected chi connectivity index (χ1v) is 11.5. The fourth-order valence-electron chi connectivity index (χ4n) is 3.67. The third-order valence-electron chi connectivity index (χ3n) is 5.76. The number of sulfonamides is 1. The molecular formula is C21H29N5O4S. The van der Waals surface area contributed by atoms with Crippen molar-refractivity contribution in [3.8, 4) is 11.3 Å². The highest BCUT2D eigenvalue weighted by atomic mass is 32.2. The van der Waals surface area contributed by atoms with Crippen molar-refractivity contribution in [3.05, 3.63) is 29.3 Å². The summed E-state index contributed by atoms with van der Waals surface area (Å²) in [5.41, 5.74) is 1.90. The molecule has 3 rings (SSSR count). The Kier molecular flexibility index (Phi) is 5.74. The summed E-state index contributed by atoms with van der Waals surface area (Å²) in [6.07, 6.45) is 0. The van der Waals surface area contributed by atoms with Gasteiger partial charge in [-0.1, -0.05) is 20.8 Å². The van der Waals surface area contributed by atoms with Crippen LogP contribution in [-0.2, 0) is 28.4 Å². The lowest BCUT2D eigenvalue weighted by atomic mass is 9.87. The Morgan fingerprint density at radius 1 is 1.23 bits per heavy atom. The van der Waals surface area contributed by atoms with Crippen LogP contribution in [0.5, 0.6) is 0 Å². The second-order valence-corrected chi connectivity index (χ2v) is 10.8. The van der Waals surface area contributed by atoms with E-state index in [1.165, 1.54) is 20.0 Å². The zero-order valence-electron chi connectivity index (χ0n) is 18.9. The summed E-state index contributed by atoms with van der Waals surface area (Å²) in [6.45, 7) is 9.82. The number of nitrogens with zero attached hydrogens (tertiary/aromatic N) is 3. The summed E-state index contributed by atoms with van der Waals surface area (Å²) in [4.78, 5) is 26.3. The van der Waals surface area contributed by atoms with E-state index in [1.54, 1.807) is 22.7 Å². The van der Waals surface area contributed by atoms with E-state index in [9.17, 15) is 18.0 Å². The number of anilines is 1. The molecule has 0 aliphatic carbocycles. The highest BCUT2D eigenvalue weighted by Gasteiger charge is 2.39. The van der Waals surface area contributed by atoms with Crippen molar-refractivity contribution >= 4 is 27.7 Å². The molecule has 0 bridgehead atoms. The highest BCUT2D eigenvalue weighted by Crippen LogP contribution is 2.37. The number of hydrogen-bond acceptors (Lipinski definition) is 5. The Balaban J connectivity index is 2.18. The molecule has 1 aromatic heterocycles. The number of carbonyl (C=O) groups excluding carboxylic acids is 2. The van der Waals surface area contributed by atoms with Crippen molar-refractivity contribution in [2.45, 2.75) is 52.1 Å². The summed E-state index contributed by atoms with van der Waals surface area (Å²) < 4.78 is 29.6. The minimum absolute atomic E-state index is 0.0570. The van der Waals surface area contributed by atoms with Gasteiger partial charge in [-0.3, -0.25) is 14.3 Å². The third-order valence-corrected chi connectivity index (χ3v) is 7.20. The minimum atomic E-state index is -3.89. The van der Waals surface area contributed by atoms with Gasteiger partial charge in [0.2, 0.25) is 15.9 Å². The molecule has 168 valence electrons. The lowest BCUT2D eigenvalue weighted by Gasteiger charge is -2.35. The van der Waals surface area contributed by atoms with Gasteiger partial charge in [-0.2, -0.15) is 5.10 Å². The zero-order valence-corrected chi connectivity index (χ0v) is 19.7. The summed E-state index contributed by atoms with van der Waals surface area (Å²) in [5, 5.41) is 6.89. The van der Waals surface area contributed by atoms with Gasteiger partial charge < -0.3 is 10.2 Å². The Hall–Kier alpha value is -2.72. The maximum Gasteiger partial charge on any atom is 0.256 e. The normalized spacial score (nSPS) is 15.2. The Morgan fingerprint density at radius 2 is 1.87 bits per heavy atom. The van der Waals surface area contributed by atoms with Crippen LogP contribution in [0.25, 0.3) is 11.3 Å². The van der Waals surface area contributed by atoms with E-state index in [0.717, 1.165) is 0 Å². The second kappa shape index (κ2) is 7.76. The molecule has 0 fully saturated rings. The molecule has 1 atom stereocenters. The predicted molar refractivity (Wildman–Crippen MR) is 118 cm³/mol. The number of benzene rings is 1. The topological polar surface area (TPSA) is 113 Å². The standard InChI is InChI=1S/C21H29N5O4S/c1-12(21(3,4)5)26-11-15-8-14(16-10-18(23-13(2)27)24-25(16)7)9-17(19(15)20(26)28)31(29,30)22-6/h8-10,12,22H,11H2,1-7H3,(H,23,24,27). The maximum absolute atomic E-state index is 13.3. The zero-order chi connectivity index (χ0) is 23.3. The van der Waals surface area contributed by atoms with Gasteiger partial charge in [0, 0.05) is 38.2 Å². The molecule has 1 aliphatic heterocycles. The van der Waals surface area contributed by atoms with Gasteiger partial charge in [0.15, 0.2) is 5.82 Å². The van der Waals surface area contributed by atoms with Crippen LogP contribution in [0.3, 0.4) is 0 Å². The van der Waals surface area contributed by atoms with Gasteiger partial charge in [-0.05, 0) is 37.1 Å². The van der Waals surface area contributed by atoms with E-state index in [4.69, 9.17) is 0 Å². The molecule has 1 aliphatic rings. The van der Waals surface area contributed by atoms with Crippen molar-refractivity contribution in [2.75, 3.05) is 12.4 Å². The van der Waals surface area contributed by atoms with Gasteiger partial charge in [-0.15, -0.1) is 0 Å². The summed E-state index contributed by atoms with van der Waals surface area (Å²) >= 11 is 0. The maximum atomic E-state index is 13.3. The van der Waals surface area contributed by atoms with E-state index in [0.29, 0.717) is 29.2 Å². The lowest BCUT2D eigenvalue weighted by Crippen LogP contribution is -2.42. The number of aromatic nitrogens is 2. The van der Waals surface area contributed by atoms with Gasteiger partial charge in [0.05, 0.1) is 16.2 Å². The predicted octanol–water partition coefficient (Wildman–Crippen LogP) is 2.34. The summed E-state index contributed by atoms with van der Waals surface area (Å²) in [6, 6.07) is 4.89. The lowest BCUT2D eigenvalue weighted by molar-refractivity contribution is -0.114. The number of carbonyl (C=O) groups is 2. The SMILES string of the molecule is CNS(=O)(=O)c1cc(-c2cc(NC(C)=O)nn2C)cc2c1C(=O)N(C(C)C(C)(C)C)C2. The molecule has 2 aromatic rings. The molecule has 2 N–H and O–H groups in total. The van der Waals surface area contributed by atoms with Crippen molar-refractivity contribution in [2.24, 2.45) is 12.5 Å². The van der Waals surface area contributed by atoms with Gasteiger partial charge in [-0.25, -0.2) is 13.1 Å². The van der Waals surface area contributed by atoms with Crippen LogP contribution in [0.2, 0.25) is 0 Å². The molecule has 1 aromatic carbocycles. The van der Waals surface area contributed by atoms with E-state index < -0.39 is 10.0 Å². The summed E-state index contributed by atoms with van der Waals surface area (Å²) in [7, 11) is -0.864. The molecule has 0 radical (unpaired) electrons. The van der Waals surface area contributed by atoms with E-state index in [-0.39, 0.29) is 33.7 Å². The molecule has 0 saturated carbocycles. The Bertz CT molecular complexity index is 1160. The van der Waals surface area contributed by atoms with Gasteiger partial charge >= 0.3 is 0 Å². The van der Waals surface area contributed by atoms with Crippen molar-refractivity contribution in [1.29, 1.82) is 0 Å². The van der Waals surface area contributed by atoms with Crippen molar-refractivity contribution in [3.63, 3.8) is 0 Å². The average molecular weight is 448 g/mol. The van der Waals surface area contributed by atoms with Crippen LogP contribution >= 0.6 is 0 Å².